The van der Waals surface area contributed by atoms with Crippen LogP contribution >= 0.6 is 0 Å². The van der Waals surface area contributed by atoms with Gasteiger partial charge in [-0.05, 0) is 51.9 Å². The number of likely N-dealkylation sites (tertiary alicyclic amines) is 1. The summed E-state index contributed by atoms with van der Waals surface area (Å²) in [7, 11) is 0. The van der Waals surface area contributed by atoms with Crippen LogP contribution in [0.15, 0.2) is 0 Å². The lowest BCUT2D eigenvalue weighted by Gasteiger charge is -2.33. The fourth-order valence-corrected chi connectivity index (χ4v) is 3.40. The number of ether oxygens (including phenoxy) is 1. The predicted octanol–water partition coefficient (Wildman–Crippen LogP) is 2.76. The largest absolute Gasteiger partial charge is 0.444 e. The topological polar surface area (TPSA) is 55.6 Å². The summed E-state index contributed by atoms with van der Waals surface area (Å²) >= 11 is 0. The Bertz CT molecular complexity index is 325. The molecular formula is C15H28N2O2. The van der Waals surface area contributed by atoms with E-state index in [1.54, 1.807) is 0 Å². The minimum atomic E-state index is -0.406. The molecule has 2 N–H and O–H groups in total. The average Bonchev–Trinajstić information content (AvgIpc) is 2.76. The molecule has 4 heteroatoms. The van der Waals surface area contributed by atoms with E-state index in [1.165, 1.54) is 19.3 Å². The Labute approximate surface area is 116 Å². The van der Waals surface area contributed by atoms with Crippen LogP contribution in [0.4, 0.5) is 4.79 Å². The molecule has 1 saturated heterocycles. The van der Waals surface area contributed by atoms with Crippen LogP contribution in [-0.4, -0.2) is 35.7 Å². The van der Waals surface area contributed by atoms with E-state index in [2.05, 4.69) is 0 Å². The minimum absolute atomic E-state index is 0.167. The molecule has 0 aromatic rings. The van der Waals surface area contributed by atoms with Gasteiger partial charge in [0.1, 0.15) is 5.60 Å². The second kappa shape index (κ2) is 5.70. The van der Waals surface area contributed by atoms with Crippen molar-refractivity contribution in [1.82, 2.24) is 4.90 Å². The van der Waals surface area contributed by atoms with Crippen molar-refractivity contribution in [2.75, 3.05) is 13.1 Å². The van der Waals surface area contributed by atoms with Gasteiger partial charge in [-0.2, -0.15) is 0 Å². The van der Waals surface area contributed by atoms with E-state index in [9.17, 15) is 4.79 Å². The SMILES string of the molecule is CC(C)(C)OC(=O)N1CC[C@H]([C@@H]2CCCC[C@H]2N)C1. The number of hydrogen-bond donors (Lipinski definition) is 1. The van der Waals surface area contributed by atoms with E-state index in [1.807, 2.05) is 25.7 Å². The van der Waals surface area contributed by atoms with Gasteiger partial charge in [0, 0.05) is 19.1 Å². The van der Waals surface area contributed by atoms with Crippen LogP contribution in [0.2, 0.25) is 0 Å². The van der Waals surface area contributed by atoms with Crippen molar-refractivity contribution >= 4 is 6.09 Å². The van der Waals surface area contributed by atoms with Gasteiger partial charge in [-0.25, -0.2) is 4.79 Å². The quantitative estimate of drug-likeness (QED) is 0.795. The molecule has 0 radical (unpaired) electrons. The zero-order valence-corrected chi connectivity index (χ0v) is 12.5. The number of rotatable bonds is 1. The zero-order valence-electron chi connectivity index (χ0n) is 12.5. The van der Waals surface area contributed by atoms with Gasteiger partial charge in [0.25, 0.3) is 0 Å². The Morgan fingerprint density at radius 1 is 1.21 bits per heavy atom. The summed E-state index contributed by atoms with van der Waals surface area (Å²) < 4.78 is 5.44. The van der Waals surface area contributed by atoms with Crippen LogP contribution in [0.5, 0.6) is 0 Å². The van der Waals surface area contributed by atoms with Crippen molar-refractivity contribution < 1.29 is 9.53 Å². The number of carbonyl (C=O) groups excluding carboxylic acids is 1. The predicted molar refractivity (Wildman–Crippen MR) is 75.8 cm³/mol. The van der Waals surface area contributed by atoms with E-state index < -0.39 is 5.60 Å². The Hall–Kier alpha value is -0.770. The third kappa shape index (κ3) is 3.85. The van der Waals surface area contributed by atoms with E-state index in [0.29, 0.717) is 17.9 Å². The monoisotopic (exact) mass is 268 g/mol. The molecule has 3 atom stereocenters. The number of nitrogens with zero attached hydrogens (tertiary/aromatic N) is 1. The Balaban J connectivity index is 1.87. The van der Waals surface area contributed by atoms with Crippen molar-refractivity contribution in [2.24, 2.45) is 17.6 Å². The van der Waals surface area contributed by atoms with Gasteiger partial charge < -0.3 is 15.4 Å². The summed E-state index contributed by atoms with van der Waals surface area (Å²) in [6, 6.07) is 0.331. The van der Waals surface area contributed by atoms with Crippen LogP contribution in [-0.2, 0) is 4.74 Å². The van der Waals surface area contributed by atoms with Gasteiger partial charge in [0.2, 0.25) is 0 Å². The molecule has 0 spiro atoms. The van der Waals surface area contributed by atoms with Gasteiger partial charge in [-0.1, -0.05) is 12.8 Å². The van der Waals surface area contributed by atoms with Crippen molar-refractivity contribution in [3.05, 3.63) is 0 Å². The van der Waals surface area contributed by atoms with Gasteiger partial charge >= 0.3 is 6.09 Å². The molecular weight excluding hydrogens is 240 g/mol. The van der Waals surface area contributed by atoms with Gasteiger partial charge in [-0.15, -0.1) is 0 Å². The lowest BCUT2D eigenvalue weighted by atomic mass is 9.76. The van der Waals surface area contributed by atoms with Crippen LogP contribution in [0.1, 0.15) is 52.9 Å². The summed E-state index contributed by atoms with van der Waals surface area (Å²) in [5, 5.41) is 0. The summed E-state index contributed by atoms with van der Waals surface area (Å²) in [5.74, 6) is 1.17. The smallest absolute Gasteiger partial charge is 0.410 e. The van der Waals surface area contributed by atoms with Crippen molar-refractivity contribution in [3.8, 4) is 0 Å². The summed E-state index contributed by atoms with van der Waals surface area (Å²) in [6.45, 7) is 7.39. The second-order valence-corrected chi connectivity index (χ2v) is 7.09. The highest BCUT2D eigenvalue weighted by atomic mass is 16.6. The Morgan fingerprint density at radius 3 is 2.53 bits per heavy atom. The van der Waals surface area contributed by atoms with Gasteiger partial charge in [-0.3, -0.25) is 0 Å². The van der Waals surface area contributed by atoms with Crippen LogP contribution in [0.25, 0.3) is 0 Å². The maximum atomic E-state index is 12.0. The lowest BCUT2D eigenvalue weighted by Crippen LogP contribution is -2.40. The Morgan fingerprint density at radius 2 is 1.89 bits per heavy atom. The lowest BCUT2D eigenvalue weighted by molar-refractivity contribution is 0.0279. The normalized spacial score (nSPS) is 32.4. The molecule has 1 amide bonds. The average molecular weight is 268 g/mol. The number of hydrogen-bond acceptors (Lipinski definition) is 3. The minimum Gasteiger partial charge on any atom is -0.444 e. The molecule has 2 aliphatic rings. The molecule has 2 rings (SSSR count). The molecule has 0 aromatic carbocycles. The molecule has 0 unspecified atom stereocenters. The Kier molecular flexibility index (Phi) is 4.39. The summed E-state index contributed by atoms with van der Waals surface area (Å²) in [4.78, 5) is 13.9. The fraction of sp³-hybridized carbons (Fsp3) is 0.933. The summed E-state index contributed by atoms with van der Waals surface area (Å²) in [6.07, 6.45) is 5.85. The van der Waals surface area contributed by atoms with E-state index >= 15 is 0 Å². The number of amides is 1. The molecule has 4 nitrogen and oxygen atoms in total. The first kappa shape index (κ1) is 14.6. The first-order valence-electron chi connectivity index (χ1n) is 7.60. The molecule has 0 aromatic heterocycles. The molecule has 1 aliphatic carbocycles. The maximum absolute atomic E-state index is 12.0. The molecule has 1 heterocycles. The molecule has 110 valence electrons. The van der Waals surface area contributed by atoms with E-state index in [0.717, 1.165) is 25.9 Å². The third-order valence-corrected chi connectivity index (χ3v) is 4.36. The van der Waals surface area contributed by atoms with Crippen LogP contribution in [0.3, 0.4) is 0 Å². The zero-order chi connectivity index (χ0) is 14.0. The highest BCUT2D eigenvalue weighted by Crippen LogP contribution is 2.34. The van der Waals surface area contributed by atoms with Crippen molar-refractivity contribution in [2.45, 2.75) is 64.5 Å². The van der Waals surface area contributed by atoms with Crippen molar-refractivity contribution in [3.63, 3.8) is 0 Å². The van der Waals surface area contributed by atoms with E-state index in [-0.39, 0.29) is 6.09 Å². The van der Waals surface area contributed by atoms with Crippen molar-refractivity contribution in [1.29, 1.82) is 0 Å². The number of nitrogens with two attached hydrogens (primary N) is 1. The highest BCUT2D eigenvalue weighted by molar-refractivity contribution is 5.68. The number of carbonyl (C=O) groups is 1. The van der Waals surface area contributed by atoms with Gasteiger partial charge in [0.15, 0.2) is 0 Å². The third-order valence-electron chi connectivity index (χ3n) is 4.36. The maximum Gasteiger partial charge on any atom is 0.410 e. The molecule has 2 fully saturated rings. The second-order valence-electron chi connectivity index (χ2n) is 7.09. The molecule has 1 saturated carbocycles. The van der Waals surface area contributed by atoms with Crippen LogP contribution in [0, 0.1) is 11.8 Å². The fourth-order valence-electron chi connectivity index (χ4n) is 3.40. The molecule has 19 heavy (non-hydrogen) atoms. The molecule has 0 bridgehead atoms. The van der Waals surface area contributed by atoms with Crippen LogP contribution < -0.4 is 5.73 Å². The highest BCUT2D eigenvalue weighted by Gasteiger charge is 2.36. The van der Waals surface area contributed by atoms with Gasteiger partial charge in [0.05, 0.1) is 0 Å². The standard InChI is InChI=1S/C15H28N2O2/c1-15(2,3)19-14(18)17-9-8-11(10-17)12-6-4-5-7-13(12)16/h11-13H,4-10,16H2,1-3H3/t11-,12-,13+/m0/s1. The first-order chi connectivity index (χ1) is 8.87. The summed E-state index contributed by atoms with van der Waals surface area (Å²) in [5.41, 5.74) is 5.84. The van der Waals surface area contributed by atoms with E-state index in [4.69, 9.17) is 10.5 Å². The molecule has 1 aliphatic heterocycles. The first-order valence-corrected chi connectivity index (χ1v) is 7.60.